The first-order valence-corrected chi connectivity index (χ1v) is 13.3. The second-order valence-electron chi connectivity index (χ2n) is 7.92. The van der Waals surface area contributed by atoms with Gasteiger partial charge in [0.15, 0.2) is 0 Å². The molecular formula is C25H39O3P. The molecule has 1 unspecified atom stereocenters. The van der Waals surface area contributed by atoms with E-state index in [1.165, 1.54) is 44.9 Å². The first-order valence-electron chi connectivity index (χ1n) is 11.6. The topological polar surface area (TPSA) is 35.5 Å². The molecule has 162 valence electrons. The maximum Gasteiger partial charge on any atom is 0.379 e. The summed E-state index contributed by atoms with van der Waals surface area (Å²) >= 11 is 0. The van der Waals surface area contributed by atoms with Crippen LogP contribution in [0, 0.1) is 0 Å². The molecule has 2 aromatic carbocycles. The first-order chi connectivity index (χ1) is 14.2. The zero-order valence-corrected chi connectivity index (χ0v) is 19.3. The fourth-order valence-electron chi connectivity index (χ4n) is 3.53. The molecule has 2 aromatic rings. The van der Waals surface area contributed by atoms with Crippen molar-refractivity contribution in [1.82, 2.24) is 0 Å². The number of unbranched alkanes of at least 4 members (excludes halogenated alkanes) is 9. The Balaban J connectivity index is 1.81. The van der Waals surface area contributed by atoms with Gasteiger partial charge in [0.1, 0.15) is 5.75 Å². The van der Waals surface area contributed by atoms with Crippen molar-refractivity contribution >= 4 is 18.4 Å². The zero-order valence-electron chi connectivity index (χ0n) is 18.4. The average molecular weight is 419 g/mol. The molecule has 0 N–H and O–H groups in total. The Bertz CT molecular complexity index is 738. The smallest absolute Gasteiger partial charge is 0.379 e. The standard InChI is InChI=1S/C25H39O3P/c1-3-5-7-8-9-10-11-12-15-21-27-29(26,22-6-4-2)28-25-20-16-18-23-17-13-14-19-24(23)25/h13-14,16-20H,3-12,15,21-22H2,1-2H3. The first kappa shape index (κ1) is 24.0. The Kier molecular flexibility index (Phi) is 11.4. The van der Waals surface area contributed by atoms with Crippen LogP contribution in [0.15, 0.2) is 42.5 Å². The monoisotopic (exact) mass is 418 g/mol. The van der Waals surface area contributed by atoms with Crippen LogP contribution in [0.4, 0.5) is 0 Å². The highest BCUT2D eigenvalue weighted by molar-refractivity contribution is 7.54. The van der Waals surface area contributed by atoms with Crippen molar-refractivity contribution in [3.05, 3.63) is 42.5 Å². The van der Waals surface area contributed by atoms with E-state index in [1.54, 1.807) is 0 Å². The molecule has 2 rings (SSSR count). The van der Waals surface area contributed by atoms with E-state index in [9.17, 15) is 4.57 Å². The van der Waals surface area contributed by atoms with Crippen LogP contribution in [-0.4, -0.2) is 12.8 Å². The van der Waals surface area contributed by atoms with Crippen molar-refractivity contribution in [3.8, 4) is 5.75 Å². The quantitative estimate of drug-likeness (QED) is 0.202. The Morgan fingerprint density at radius 2 is 1.34 bits per heavy atom. The van der Waals surface area contributed by atoms with Crippen molar-refractivity contribution in [2.75, 3.05) is 12.8 Å². The Hall–Kier alpha value is -1.31. The molecule has 0 aliphatic carbocycles. The van der Waals surface area contributed by atoms with Crippen LogP contribution >= 0.6 is 7.60 Å². The Labute approximate surface area is 177 Å². The average Bonchev–Trinajstić information content (AvgIpc) is 2.74. The Morgan fingerprint density at radius 1 is 0.724 bits per heavy atom. The SMILES string of the molecule is CCCCCCCCCCCOP(=O)(CCCC)Oc1cccc2ccccc12. The second kappa shape index (κ2) is 13.8. The number of benzene rings is 2. The maximum atomic E-state index is 13.4. The molecule has 0 fully saturated rings. The van der Waals surface area contributed by atoms with Crippen LogP contribution < -0.4 is 4.52 Å². The van der Waals surface area contributed by atoms with Crippen molar-refractivity contribution in [1.29, 1.82) is 0 Å². The van der Waals surface area contributed by atoms with Gasteiger partial charge in [0.2, 0.25) is 0 Å². The molecule has 0 aromatic heterocycles. The van der Waals surface area contributed by atoms with Gasteiger partial charge in [-0.2, -0.15) is 0 Å². The summed E-state index contributed by atoms with van der Waals surface area (Å²) < 4.78 is 25.3. The number of fused-ring (bicyclic) bond motifs is 1. The fourth-order valence-corrected chi connectivity index (χ4v) is 5.37. The van der Waals surface area contributed by atoms with Gasteiger partial charge in [0.05, 0.1) is 12.8 Å². The summed E-state index contributed by atoms with van der Waals surface area (Å²) in [5.41, 5.74) is 0. The van der Waals surface area contributed by atoms with Gasteiger partial charge in [-0.1, -0.05) is 108 Å². The molecule has 0 bridgehead atoms. The summed E-state index contributed by atoms with van der Waals surface area (Å²) in [6.07, 6.45) is 13.6. The number of rotatable bonds is 16. The third-order valence-corrected chi connectivity index (χ3v) is 7.22. The lowest BCUT2D eigenvalue weighted by Gasteiger charge is -2.20. The lowest BCUT2D eigenvalue weighted by Crippen LogP contribution is -2.04. The van der Waals surface area contributed by atoms with Crippen molar-refractivity contribution < 1.29 is 13.6 Å². The Morgan fingerprint density at radius 3 is 2.07 bits per heavy atom. The molecular weight excluding hydrogens is 379 g/mol. The van der Waals surface area contributed by atoms with Gasteiger partial charge in [-0.15, -0.1) is 0 Å². The van der Waals surface area contributed by atoms with Gasteiger partial charge in [-0.25, -0.2) is 4.57 Å². The van der Waals surface area contributed by atoms with E-state index >= 15 is 0 Å². The van der Waals surface area contributed by atoms with E-state index in [-0.39, 0.29) is 0 Å². The zero-order chi connectivity index (χ0) is 20.8. The molecule has 0 heterocycles. The highest BCUT2D eigenvalue weighted by atomic mass is 31.2. The molecule has 4 heteroatoms. The van der Waals surface area contributed by atoms with Crippen LogP contribution in [0.25, 0.3) is 10.8 Å². The van der Waals surface area contributed by atoms with Gasteiger partial charge in [-0.3, -0.25) is 4.52 Å². The van der Waals surface area contributed by atoms with E-state index in [0.29, 0.717) is 18.5 Å². The maximum absolute atomic E-state index is 13.4. The third-order valence-electron chi connectivity index (χ3n) is 5.31. The molecule has 0 aliphatic rings. The number of hydrogen-bond donors (Lipinski definition) is 0. The van der Waals surface area contributed by atoms with Gasteiger partial charge in [-0.05, 0) is 24.3 Å². The minimum Gasteiger partial charge on any atom is -0.424 e. The molecule has 1 atom stereocenters. The summed E-state index contributed by atoms with van der Waals surface area (Å²) in [5.74, 6) is 0.662. The minimum atomic E-state index is -3.14. The van der Waals surface area contributed by atoms with Gasteiger partial charge in [0, 0.05) is 5.39 Å². The van der Waals surface area contributed by atoms with Crippen LogP contribution in [0.5, 0.6) is 5.75 Å². The molecule has 0 aliphatic heterocycles. The third kappa shape index (κ3) is 8.93. The van der Waals surface area contributed by atoms with Gasteiger partial charge < -0.3 is 4.52 Å². The largest absolute Gasteiger partial charge is 0.424 e. The molecule has 0 amide bonds. The van der Waals surface area contributed by atoms with Crippen LogP contribution in [0.3, 0.4) is 0 Å². The van der Waals surface area contributed by atoms with Crippen LogP contribution in [0.2, 0.25) is 0 Å². The summed E-state index contributed by atoms with van der Waals surface area (Å²) in [7, 11) is -3.14. The molecule has 0 spiro atoms. The van der Waals surface area contributed by atoms with Crippen molar-refractivity contribution in [3.63, 3.8) is 0 Å². The molecule has 0 saturated heterocycles. The van der Waals surface area contributed by atoms with E-state index in [0.717, 1.165) is 36.5 Å². The van der Waals surface area contributed by atoms with Gasteiger partial charge >= 0.3 is 7.60 Å². The van der Waals surface area contributed by atoms with E-state index in [4.69, 9.17) is 9.05 Å². The molecule has 3 nitrogen and oxygen atoms in total. The highest BCUT2D eigenvalue weighted by Crippen LogP contribution is 2.50. The second-order valence-corrected chi connectivity index (χ2v) is 10.0. The molecule has 29 heavy (non-hydrogen) atoms. The van der Waals surface area contributed by atoms with E-state index in [2.05, 4.69) is 13.8 Å². The van der Waals surface area contributed by atoms with Crippen molar-refractivity contribution in [2.45, 2.75) is 84.5 Å². The van der Waals surface area contributed by atoms with Crippen LogP contribution in [-0.2, 0) is 9.09 Å². The summed E-state index contributed by atoms with van der Waals surface area (Å²) in [5, 5.41) is 2.07. The predicted molar refractivity (Wildman–Crippen MR) is 125 cm³/mol. The normalized spacial score (nSPS) is 13.4. The van der Waals surface area contributed by atoms with Gasteiger partial charge in [0.25, 0.3) is 0 Å². The fraction of sp³-hybridized carbons (Fsp3) is 0.600. The van der Waals surface area contributed by atoms with E-state index in [1.807, 2.05) is 42.5 Å². The molecule has 0 radical (unpaired) electrons. The predicted octanol–water partition coefficient (Wildman–Crippen LogP) is 8.76. The summed E-state index contributed by atoms with van der Waals surface area (Å²) in [6, 6.07) is 13.9. The van der Waals surface area contributed by atoms with Crippen molar-refractivity contribution in [2.24, 2.45) is 0 Å². The minimum absolute atomic E-state index is 0.476. The highest BCUT2D eigenvalue weighted by Gasteiger charge is 2.26. The number of hydrogen-bond acceptors (Lipinski definition) is 3. The molecule has 0 saturated carbocycles. The summed E-state index contributed by atoms with van der Waals surface area (Å²) in [4.78, 5) is 0. The van der Waals surface area contributed by atoms with E-state index < -0.39 is 7.60 Å². The lowest BCUT2D eigenvalue weighted by atomic mass is 10.1. The lowest BCUT2D eigenvalue weighted by molar-refractivity contribution is 0.257. The van der Waals surface area contributed by atoms with Crippen LogP contribution in [0.1, 0.15) is 84.5 Å². The summed E-state index contributed by atoms with van der Waals surface area (Å²) in [6.45, 7) is 4.87.